The van der Waals surface area contributed by atoms with E-state index in [0.29, 0.717) is 0 Å². The van der Waals surface area contributed by atoms with Gasteiger partial charge in [-0.1, -0.05) is 6.07 Å². The van der Waals surface area contributed by atoms with E-state index in [1.807, 2.05) is 17.5 Å². The Kier molecular flexibility index (Phi) is 2.59. The second kappa shape index (κ2) is 3.49. The van der Waals surface area contributed by atoms with Gasteiger partial charge in [-0.25, -0.2) is 0 Å². The first-order valence-corrected chi connectivity index (χ1v) is 3.87. The van der Waals surface area contributed by atoms with Crippen molar-refractivity contribution in [2.75, 3.05) is 0 Å². The van der Waals surface area contributed by atoms with Gasteiger partial charge in [0.05, 0.1) is 6.10 Å². The first kappa shape index (κ1) is 7.44. The van der Waals surface area contributed by atoms with Crippen molar-refractivity contribution < 1.29 is 9.90 Å². The Hall–Kier alpha value is -0.670. The summed E-state index contributed by atoms with van der Waals surface area (Å²) >= 11 is 1.46. The largest absolute Gasteiger partial charge is 0.387 e. The molecule has 1 atom stereocenters. The van der Waals surface area contributed by atoms with Gasteiger partial charge in [0.1, 0.15) is 6.29 Å². The zero-order valence-electron chi connectivity index (χ0n) is 5.36. The van der Waals surface area contributed by atoms with Crippen LogP contribution in [0.1, 0.15) is 17.4 Å². The van der Waals surface area contributed by atoms with Crippen LogP contribution >= 0.6 is 11.3 Å². The highest BCUT2D eigenvalue weighted by Gasteiger charge is 2.05. The first-order chi connectivity index (χ1) is 4.84. The first-order valence-electron chi connectivity index (χ1n) is 2.99. The van der Waals surface area contributed by atoms with Crippen LogP contribution in [0.2, 0.25) is 0 Å². The Morgan fingerprint density at radius 1 is 1.80 bits per heavy atom. The van der Waals surface area contributed by atoms with Crippen LogP contribution in [0.25, 0.3) is 0 Å². The van der Waals surface area contributed by atoms with E-state index in [1.165, 1.54) is 11.3 Å². The molecule has 0 radical (unpaired) electrons. The van der Waals surface area contributed by atoms with Crippen LogP contribution in [-0.2, 0) is 4.79 Å². The van der Waals surface area contributed by atoms with E-state index in [4.69, 9.17) is 0 Å². The van der Waals surface area contributed by atoms with Crippen molar-refractivity contribution in [3.8, 4) is 0 Å². The van der Waals surface area contributed by atoms with Gasteiger partial charge >= 0.3 is 0 Å². The average Bonchev–Trinajstić information content (AvgIpc) is 2.38. The summed E-state index contributed by atoms with van der Waals surface area (Å²) in [6.45, 7) is 0. The molecule has 0 fully saturated rings. The van der Waals surface area contributed by atoms with Gasteiger partial charge in [-0.2, -0.15) is 0 Å². The Morgan fingerprint density at radius 2 is 2.60 bits per heavy atom. The third kappa shape index (κ3) is 1.65. The zero-order valence-corrected chi connectivity index (χ0v) is 6.17. The Bertz CT molecular complexity index is 193. The number of aliphatic hydroxyl groups is 1. The molecule has 0 bridgehead atoms. The molecule has 0 amide bonds. The summed E-state index contributed by atoms with van der Waals surface area (Å²) in [6.07, 6.45) is 0.322. The highest BCUT2D eigenvalue weighted by molar-refractivity contribution is 7.10. The molecular weight excluding hydrogens is 148 g/mol. The van der Waals surface area contributed by atoms with E-state index in [-0.39, 0.29) is 6.42 Å². The van der Waals surface area contributed by atoms with Gasteiger partial charge in [-0.3, -0.25) is 0 Å². The molecule has 1 N–H and O–H groups in total. The van der Waals surface area contributed by atoms with E-state index in [2.05, 4.69) is 0 Å². The summed E-state index contributed by atoms with van der Waals surface area (Å²) in [4.78, 5) is 10.8. The summed E-state index contributed by atoms with van der Waals surface area (Å²) in [5.74, 6) is 0. The molecule has 1 aromatic rings. The fourth-order valence-corrected chi connectivity index (χ4v) is 1.41. The van der Waals surface area contributed by atoms with Gasteiger partial charge < -0.3 is 9.90 Å². The van der Waals surface area contributed by atoms with Gasteiger partial charge in [0, 0.05) is 11.3 Å². The third-order valence-electron chi connectivity index (χ3n) is 1.19. The lowest BCUT2D eigenvalue weighted by Crippen LogP contribution is -1.93. The summed E-state index contributed by atoms with van der Waals surface area (Å²) < 4.78 is 0. The fourth-order valence-electron chi connectivity index (χ4n) is 0.688. The maximum Gasteiger partial charge on any atom is 0.122 e. The molecule has 1 heterocycles. The molecule has 0 aliphatic heterocycles. The number of thiophene rings is 1. The van der Waals surface area contributed by atoms with Crippen molar-refractivity contribution in [2.45, 2.75) is 12.5 Å². The maximum atomic E-state index is 9.96. The van der Waals surface area contributed by atoms with Crippen molar-refractivity contribution in [3.05, 3.63) is 22.4 Å². The molecule has 0 aromatic carbocycles. The smallest absolute Gasteiger partial charge is 0.122 e. The van der Waals surface area contributed by atoms with Gasteiger partial charge in [0.15, 0.2) is 0 Å². The molecule has 0 saturated carbocycles. The molecule has 10 heavy (non-hydrogen) atoms. The normalized spacial score (nSPS) is 12.9. The Labute approximate surface area is 63.1 Å². The zero-order chi connectivity index (χ0) is 7.40. The van der Waals surface area contributed by atoms with Crippen molar-refractivity contribution in [1.29, 1.82) is 0 Å². The highest BCUT2D eigenvalue weighted by atomic mass is 32.1. The van der Waals surface area contributed by atoms with Crippen LogP contribution in [0.3, 0.4) is 0 Å². The molecule has 54 valence electrons. The lowest BCUT2D eigenvalue weighted by Gasteiger charge is -2.00. The SMILES string of the molecule is O=CC[C@H](O)c1cccs1. The standard InChI is InChI=1S/C7H8O2S/c8-4-3-6(9)7-2-1-5-10-7/h1-2,4-6,9H,3H2/t6-/m0/s1. The number of aliphatic hydroxyl groups excluding tert-OH is 1. The molecule has 2 nitrogen and oxygen atoms in total. The van der Waals surface area contributed by atoms with Crippen molar-refractivity contribution in [1.82, 2.24) is 0 Å². The van der Waals surface area contributed by atoms with E-state index in [1.54, 1.807) is 0 Å². The minimum Gasteiger partial charge on any atom is -0.387 e. The van der Waals surface area contributed by atoms with E-state index < -0.39 is 6.10 Å². The molecule has 0 aliphatic carbocycles. The molecule has 1 rings (SSSR count). The van der Waals surface area contributed by atoms with E-state index >= 15 is 0 Å². The van der Waals surface area contributed by atoms with Crippen molar-refractivity contribution in [3.63, 3.8) is 0 Å². The number of carbonyl (C=O) groups excluding carboxylic acids is 1. The second-order valence-corrected chi connectivity index (χ2v) is 2.91. The lowest BCUT2D eigenvalue weighted by atomic mass is 10.2. The van der Waals surface area contributed by atoms with Crippen LogP contribution in [0.15, 0.2) is 17.5 Å². The molecular formula is C7H8O2S. The molecule has 0 unspecified atom stereocenters. The number of aldehydes is 1. The van der Waals surface area contributed by atoms with E-state index in [0.717, 1.165) is 11.2 Å². The minimum atomic E-state index is -0.600. The van der Waals surface area contributed by atoms with Crippen LogP contribution in [0.5, 0.6) is 0 Å². The third-order valence-corrected chi connectivity index (χ3v) is 2.16. The van der Waals surface area contributed by atoms with Gasteiger partial charge in [-0.05, 0) is 11.4 Å². The van der Waals surface area contributed by atoms with E-state index in [9.17, 15) is 9.90 Å². The molecule has 0 aliphatic rings. The summed E-state index contributed by atoms with van der Waals surface area (Å²) in [6, 6.07) is 3.67. The second-order valence-electron chi connectivity index (χ2n) is 1.93. The number of hydrogen-bond donors (Lipinski definition) is 1. The summed E-state index contributed by atoms with van der Waals surface area (Å²) in [5.41, 5.74) is 0. The monoisotopic (exact) mass is 156 g/mol. The van der Waals surface area contributed by atoms with Crippen LogP contribution in [0, 0.1) is 0 Å². The molecule has 0 spiro atoms. The van der Waals surface area contributed by atoms with Gasteiger partial charge in [-0.15, -0.1) is 11.3 Å². The number of rotatable bonds is 3. The predicted molar refractivity (Wildman–Crippen MR) is 40.0 cm³/mol. The van der Waals surface area contributed by atoms with Crippen LogP contribution in [-0.4, -0.2) is 11.4 Å². The average molecular weight is 156 g/mol. The number of hydrogen-bond acceptors (Lipinski definition) is 3. The van der Waals surface area contributed by atoms with Gasteiger partial charge in [0.2, 0.25) is 0 Å². The summed E-state index contributed by atoms with van der Waals surface area (Å²) in [7, 11) is 0. The molecule has 3 heteroatoms. The Balaban J connectivity index is 2.58. The van der Waals surface area contributed by atoms with Gasteiger partial charge in [0.25, 0.3) is 0 Å². The van der Waals surface area contributed by atoms with Crippen LogP contribution in [0.4, 0.5) is 0 Å². The highest BCUT2D eigenvalue weighted by Crippen LogP contribution is 2.20. The van der Waals surface area contributed by atoms with Crippen molar-refractivity contribution >= 4 is 17.6 Å². The lowest BCUT2D eigenvalue weighted by molar-refractivity contribution is -0.109. The quantitative estimate of drug-likeness (QED) is 0.671. The van der Waals surface area contributed by atoms with Crippen LogP contribution < -0.4 is 0 Å². The maximum absolute atomic E-state index is 9.96. The molecule has 0 saturated heterocycles. The van der Waals surface area contributed by atoms with Crippen molar-refractivity contribution in [2.24, 2.45) is 0 Å². The molecule has 1 aromatic heterocycles. The fraction of sp³-hybridized carbons (Fsp3) is 0.286. The Morgan fingerprint density at radius 3 is 3.10 bits per heavy atom. The predicted octanol–water partition coefficient (Wildman–Crippen LogP) is 1.37. The minimum absolute atomic E-state index is 0.195. The number of carbonyl (C=O) groups is 1. The summed E-state index contributed by atoms with van der Waals surface area (Å²) in [5, 5.41) is 11.1. The topological polar surface area (TPSA) is 37.3 Å².